The quantitative estimate of drug-likeness (QED) is 0.594. The highest BCUT2D eigenvalue weighted by Gasteiger charge is 2.21. The van der Waals surface area contributed by atoms with Crippen molar-refractivity contribution in [1.82, 2.24) is 14.9 Å². The number of fused-ring (bicyclic) bond motifs is 1. The summed E-state index contributed by atoms with van der Waals surface area (Å²) in [6.45, 7) is 0. The molecule has 2 aromatic carbocycles. The zero-order valence-electron chi connectivity index (χ0n) is 12.1. The molecule has 0 fully saturated rings. The number of benzene rings is 2. The Kier molecular flexibility index (Phi) is 4.26. The second-order valence-corrected chi connectivity index (χ2v) is 7.28. The summed E-state index contributed by atoms with van der Waals surface area (Å²) in [6, 6.07) is 12.9. The van der Waals surface area contributed by atoms with Crippen LogP contribution in [0.25, 0.3) is 11.4 Å². The highest BCUT2D eigenvalue weighted by Crippen LogP contribution is 2.30. The van der Waals surface area contributed by atoms with Crippen LogP contribution in [0.5, 0.6) is 0 Å². The number of hydrogen-bond acceptors (Lipinski definition) is 4. The normalized spacial score (nSPS) is 13.5. The van der Waals surface area contributed by atoms with E-state index in [4.69, 9.17) is 39.9 Å². The molecular weight excluding hydrogens is 387 g/mol. The van der Waals surface area contributed by atoms with Gasteiger partial charge in [0.1, 0.15) is 0 Å². The van der Waals surface area contributed by atoms with Gasteiger partial charge in [0.15, 0.2) is 5.82 Å². The first kappa shape index (κ1) is 16.0. The van der Waals surface area contributed by atoms with E-state index >= 15 is 0 Å². The van der Waals surface area contributed by atoms with Crippen LogP contribution in [0.4, 0.5) is 0 Å². The Morgan fingerprint density at radius 3 is 2.38 bits per heavy atom. The molecule has 1 aliphatic rings. The summed E-state index contributed by atoms with van der Waals surface area (Å²) in [7, 11) is 0. The van der Waals surface area contributed by atoms with Crippen LogP contribution < -0.4 is 0 Å². The molecule has 0 saturated heterocycles. The van der Waals surface area contributed by atoms with E-state index in [1.54, 1.807) is 22.5 Å². The molecule has 0 bridgehead atoms. The van der Waals surface area contributed by atoms with Gasteiger partial charge in [-0.3, -0.25) is 0 Å². The van der Waals surface area contributed by atoms with E-state index in [0.717, 1.165) is 22.0 Å². The number of nitrogens with zero attached hydrogens (tertiary/aromatic N) is 4. The highest BCUT2D eigenvalue weighted by atomic mass is 35.5. The monoisotopic (exact) mass is 394 g/mol. The zero-order chi connectivity index (χ0) is 16.7. The van der Waals surface area contributed by atoms with Crippen molar-refractivity contribution in [3.8, 4) is 11.4 Å². The lowest BCUT2D eigenvalue weighted by Crippen LogP contribution is -2.13. The Balaban J connectivity index is 1.78. The molecule has 8 heteroatoms. The molecular formula is C16H9Cl3N4S. The molecule has 0 aliphatic carbocycles. The Morgan fingerprint density at radius 2 is 1.62 bits per heavy atom. The SMILES string of the molecule is Clc1ccc(-c2nnc3n2N=C(c2ccc(Cl)c(Cl)c2)CS3)cc1. The maximum absolute atomic E-state index is 6.12. The van der Waals surface area contributed by atoms with Gasteiger partial charge in [0.2, 0.25) is 5.16 Å². The molecule has 3 aromatic rings. The molecule has 4 rings (SSSR count). The van der Waals surface area contributed by atoms with E-state index in [1.165, 1.54) is 0 Å². The lowest BCUT2D eigenvalue weighted by molar-refractivity contribution is 0.762. The fourth-order valence-corrected chi connectivity index (χ4v) is 3.59. The Labute approximate surface area is 157 Å². The second kappa shape index (κ2) is 6.41. The smallest absolute Gasteiger partial charge is 0.187 e. The minimum Gasteiger partial charge on any atom is -0.187 e. The number of thioether (sulfide) groups is 1. The van der Waals surface area contributed by atoms with Crippen molar-refractivity contribution in [2.45, 2.75) is 5.16 Å². The summed E-state index contributed by atoms with van der Waals surface area (Å²) in [4.78, 5) is 0. The minimum atomic E-state index is 0.509. The molecule has 1 aliphatic heterocycles. The summed E-state index contributed by atoms with van der Waals surface area (Å²) < 4.78 is 1.75. The third-order valence-corrected chi connectivity index (χ3v) is 5.45. The van der Waals surface area contributed by atoms with Crippen LogP contribution in [0, 0.1) is 0 Å². The van der Waals surface area contributed by atoms with Gasteiger partial charge in [-0.25, -0.2) is 0 Å². The van der Waals surface area contributed by atoms with E-state index in [1.807, 2.05) is 36.4 Å². The topological polar surface area (TPSA) is 43.1 Å². The van der Waals surface area contributed by atoms with Gasteiger partial charge < -0.3 is 0 Å². The van der Waals surface area contributed by atoms with E-state index in [0.29, 0.717) is 26.6 Å². The summed E-state index contributed by atoms with van der Waals surface area (Å²) in [5.74, 6) is 1.36. The predicted molar refractivity (Wildman–Crippen MR) is 99.6 cm³/mol. The molecule has 0 amide bonds. The van der Waals surface area contributed by atoms with E-state index < -0.39 is 0 Å². The average Bonchev–Trinajstić information content (AvgIpc) is 3.01. The number of hydrogen-bond donors (Lipinski definition) is 0. The molecule has 0 unspecified atom stereocenters. The number of rotatable bonds is 2. The molecule has 1 aromatic heterocycles. The number of aromatic nitrogens is 3. The minimum absolute atomic E-state index is 0.509. The van der Waals surface area contributed by atoms with E-state index in [2.05, 4.69) is 10.2 Å². The Hall–Kier alpha value is -1.53. The maximum Gasteiger partial charge on any atom is 0.212 e. The Morgan fingerprint density at radius 1 is 0.875 bits per heavy atom. The van der Waals surface area contributed by atoms with Crippen LogP contribution >= 0.6 is 46.6 Å². The van der Waals surface area contributed by atoms with Gasteiger partial charge in [0.25, 0.3) is 0 Å². The standard InChI is InChI=1S/C16H9Cl3N4S/c17-11-4-1-9(2-5-11)15-20-21-16-23(15)22-14(8-24-16)10-3-6-12(18)13(19)7-10/h1-7H,8H2. The van der Waals surface area contributed by atoms with Crippen molar-refractivity contribution in [2.24, 2.45) is 5.10 Å². The van der Waals surface area contributed by atoms with Gasteiger partial charge in [0.05, 0.1) is 15.8 Å². The first-order valence-electron chi connectivity index (χ1n) is 6.99. The van der Waals surface area contributed by atoms with Crippen LogP contribution in [0.2, 0.25) is 15.1 Å². The van der Waals surface area contributed by atoms with Crippen molar-refractivity contribution in [2.75, 3.05) is 5.75 Å². The van der Waals surface area contributed by atoms with Crippen LogP contribution in [0.1, 0.15) is 5.56 Å². The molecule has 0 atom stereocenters. The van der Waals surface area contributed by atoms with Crippen LogP contribution in [-0.4, -0.2) is 26.3 Å². The molecule has 120 valence electrons. The average molecular weight is 396 g/mol. The summed E-state index contributed by atoms with van der Waals surface area (Å²) in [5, 5.41) is 15.6. The number of halogens is 3. The van der Waals surface area contributed by atoms with Crippen molar-refractivity contribution < 1.29 is 0 Å². The van der Waals surface area contributed by atoms with Gasteiger partial charge in [-0.1, -0.05) is 52.6 Å². The second-order valence-electron chi connectivity index (χ2n) is 5.09. The first-order valence-corrected chi connectivity index (χ1v) is 9.11. The fraction of sp³-hybridized carbons (Fsp3) is 0.0625. The van der Waals surface area contributed by atoms with E-state index in [9.17, 15) is 0 Å². The van der Waals surface area contributed by atoms with Crippen molar-refractivity contribution in [3.05, 3.63) is 63.1 Å². The first-order chi connectivity index (χ1) is 11.6. The summed E-state index contributed by atoms with van der Waals surface area (Å²) >= 11 is 19.6. The van der Waals surface area contributed by atoms with Crippen LogP contribution in [0.15, 0.2) is 52.7 Å². The maximum atomic E-state index is 6.12. The molecule has 2 heterocycles. The van der Waals surface area contributed by atoms with Crippen molar-refractivity contribution >= 4 is 52.3 Å². The third kappa shape index (κ3) is 2.93. The van der Waals surface area contributed by atoms with Gasteiger partial charge in [-0.2, -0.15) is 9.78 Å². The summed E-state index contributed by atoms with van der Waals surface area (Å²) in [5.41, 5.74) is 2.72. The van der Waals surface area contributed by atoms with Gasteiger partial charge in [-0.15, -0.1) is 10.2 Å². The molecule has 4 nitrogen and oxygen atoms in total. The van der Waals surface area contributed by atoms with Crippen LogP contribution in [-0.2, 0) is 0 Å². The third-order valence-electron chi connectivity index (χ3n) is 3.53. The lowest BCUT2D eigenvalue weighted by Gasteiger charge is -2.14. The highest BCUT2D eigenvalue weighted by molar-refractivity contribution is 7.99. The molecule has 0 spiro atoms. The van der Waals surface area contributed by atoms with Crippen molar-refractivity contribution in [1.29, 1.82) is 0 Å². The largest absolute Gasteiger partial charge is 0.212 e. The zero-order valence-corrected chi connectivity index (χ0v) is 15.2. The predicted octanol–water partition coefficient (Wildman–Crippen LogP) is 5.26. The molecule has 0 N–H and O–H groups in total. The molecule has 24 heavy (non-hydrogen) atoms. The van der Waals surface area contributed by atoms with Gasteiger partial charge >= 0.3 is 0 Å². The van der Waals surface area contributed by atoms with Gasteiger partial charge in [-0.05, 0) is 36.4 Å². The van der Waals surface area contributed by atoms with Crippen LogP contribution in [0.3, 0.4) is 0 Å². The molecule has 0 radical (unpaired) electrons. The fourth-order valence-electron chi connectivity index (χ4n) is 2.32. The van der Waals surface area contributed by atoms with Gasteiger partial charge in [0, 0.05) is 21.9 Å². The lowest BCUT2D eigenvalue weighted by atomic mass is 10.1. The Bertz CT molecular complexity index is 950. The van der Waals surface area contributed by atoms with Crippen molar-refractivity contribution in [3.63, 3.8) is 0 Å². The molecule has 0 saturated carbocycles. The van der Waals surface area contributed by atoms with E-state index in [-0.39, 0.29) is 0 Å². The summed E-state index contributed by atoms with van der Waals surface area (Å²) in [6.07, 6.45) is 0.